The Morgan fingerprint density at radius 2 is 2.12 bits per heavy atom. The van der Waals surface area contributed by atoms with Gasteiger partial charge in [-0.05, 0) is 59.8 Å². The minimum atomic E-state index is -0.225. The molecule has 0 unspecified atom stereocenters. The van der Waals surface area contributed by atoms with Gasteiger partial charge in [-0.3, -0.25) is 0 Å². The highest BCUT2D eigenvalue weighted by Crippen LogP contribution is 2.43. The molecule has 2 N–H and O–H groups in total. The molecule has 2 rings (SSSR count). The molecular formula is C13H18BrNO2. The molecule has 0 saturated carbocycles. The summed E-state index contributed by atoms with van der Waals surface area (Å²) in [7, 11) is 0. The Morgan fingerprint density at radius 1 is 1.41 bits per heavy atom. The van der Waals surface area contributed by atoms with Crippen molar-refractivity contribution in [2.24, 2.45) is 5.73 Å². The van der Waals surface area contributed by atoms with Crippen LogP contribution < -0.4 is 15.2 Å². The summed E-state index contributed by atoms with van der Waals surface area (Å²) in [6.07, 6.45) is 1.77. The molecule has 0 aromatic heterocycles. The first-order valence-electron chi connectivity index (χ1n) is 5.81. The van der Waals surface area contributed by atoms with Gasteiger partial charge in [0.15, 0.2) is 11.5 Å². The van der Waals surface area contributed by atoms with Gasteiger partial charge in [0.25, 0.3) is 0 Å². The van der Waals surface area contributed by atoms with Crippen LogP contribution in [-0.4, -0.2) is 12.3 Å². The van der Waals surface area contributed by atoms with E-state index in [0.717, 1.165) is 28.8 Å². The van der Waals surface area contributed by atoms with Crippen molar-refractivity contribution in [3.63, 3.8) is 0 Å². The van der Waals surface area contributed by atoms with E-state index in [0.29, 0.717) is 6.79 Å². The topological polar surface area (TPSA) is 44.5 Å². The van der Waals surface area contributed by atoms with Crippen molar-refractivity contribution < 1.29 is 9.47 Å². The summed E-state index contributed by atoms with van der Waals surface area (Å²) in [4.78, 5) is 0. The fourth-order valence-corrected chi connectivity index (χ4v) is 2.97. The van der Waals surface area contributed by atoms with Crippen LogP contribution in [0, 0.1) is 0 Å². The predicted octanol–water partition coefficient (Wildman–Crippen LogP) is 3.02. The molecule has 0 atom stereocenters. The van der Waals surface area contributed by atoms with Gasteiger partial charge < -0.3 is 15.2 Å². The summed E-state index contributed by atoms with van der Waals surface area (Å²) in [5, 5.41) is 0. The summed E-state index contributed by atoms with van der Waals surface area (Å²) in [6.45, 7) is 6.50. The zero-order valence-electron chi connectivity index (χ0n) is 10.5. The second-order valence-electron chi connectivity index (χ2n) is 5.08. The maximum atomic E-state index is 6.10. The first-order chi connectivity index (χ1) is 7.92. The number of hydrogen-bond donors (Lipinski definition) is 1. The number of halogens is 1. The van der Waals surface area contributed by atoms with Crippen molar-refractivity contribution in [3.8, 4) is 11.5 Å². The second kappa shape index (κ2) is 4.50. The smallest absolute Gasteiger partial charge is 0.231 e. The monoisotopic (exact) mass is 299 g/mol. The van der Waals surface area contributed by atoms with E-state index in [1.165, 1.54) is 11.1 Å². The molecule has 0 saturated heterocycles. The van der Waals surface area contributed by atoms with Crippen molar-refractivity contribution in [3.05, 3.63) is 21.7 Å². The van der Waals surface area contributed by atoms with Gasteiger partial charge in [0.1, 0.15) is 0 Å². The minimum absolute atomic E-state index is 0.225. The quantitative estimate of drug-likeness (QED) is 0.933. The predicted molar refractivity (Wildman–Crippen MR) is 71.6 cm³/mol. The standard InChI is InChI=1S/C13H18BrNO2/c1-4-9-8(6-13(2,3)15)5-10-12(11(9)14)17-7-16-10/h5H,4,6-7,15H2,1-3H3. The van der Waals surface area contributed by atoms with Gasteiger partial charge >= 0.3 is 0 Å². The molecule has 4 heteroatoms. The maximum Gasteiger partial charge on any atom is 0.231 e. The van der Waals surface area contributed by atoms with Crippen LogP contribution in [0.4, 0.5) is 0 Å². The third-order valence-corrected chi connectivity index (χ3v) is 3.64. The lowest BCUT2D eigenvalue weighted by Gasteiger charge is -2.21. The number of rotatable bonds is 3. The van der Waals surface area contributed by atoms with Gasteiger partial charge in [0, 0.05) is 5.54 Å². The van der Waals surface area contributed by atoms with Gasteiger partial charge in [-0.1, -0.05) is 6.92 Å². The van der Waals surface area contributed by atoms with E-state index in [1.54, 1.807) is 0 Å². The third-order valence-electron chi connectivity index (χ3n) is 2.80. The number of hydrogen-bond acceptors (Lipinski definition) is 3. The lowest BCUT2D eigenvalue weighted by atomic mass is 9.91. The van der Waals surface area contributed by atoms with Crippen LogP contribution in [0.2, 0.25) is 0 Å². The van der Waals surface area contributed by atoms with Crippen LogP contribution in [0.3, 0.4) is 0 Å². The Balaban J connectivity index is 2.48. The first-order valence-corrected chi connectivity index (χ1v) is 6.60. The molecule has 1 aromatic rings. The summed E-state index contributed by atoms with van der Waals surface area (Å²) in [6, 6.07) is 2.06. The van der Waals surface area contributed by atoms with E-state index in [9.17, 15) is 0 Å². The summed E-state index contributed by atoms with van der Waals surface area (Å²) in [5.74, 6) is 1.63. The number of ether oxygens (including phenoxy) is 2. The highest BCUT2D eigenvalue weighted by Gasteiger charge is 2.24. The molecular weight excluding hydrogens is 282 g/mol. The summed E-state index contributed by atoms with van der Waals surface area (Å²) >= 11 is 3.61. The minimum Gasteiger partial charge on any atom is -0.454 e. The molecule has 1 aliphatic heterocycles. The Labute approximate surface area is 110 Å². The number of nitrogens with two attached hydrogens (primary N) is 1. The Morgan fingerprint density at radius 3 is 2.71 bits per heavy atom. The Kier molecular flexibility index (Phi) is 3.36. The highest BCUT2D eigenvalue weighted by atomic mass is 79.9. The van der Waals surface area contributed by atoms with Crippen LogP contribution >= 0.6 is 15.9 Å². The lowest BCUT2D eigenvalue weighted by Crippen LogP contribution is -2.34. The Bertz CT molecular complexity index is 438. The van der Waals surface area contributed by atoms with Crippen molar-refractivity contribution in [2.45, 2.75) is 39.2 Å². The van der Waals surface area contributed by atoms with Crippen LogP contribution in [0.1, 0.15) is 31.9 Å². The largest absolute Gasteiger partial charge is 0.454 e. The molecule has 3 nitrogen and oxygen atoms in total. The molecule has 17 heavy (non-hydrogen) atoms. The van der Waals surface area contributed by atoms with Crippen LogP contribution in [0.15, 0.2) is 10.5 Å². The summed E-state index contributed by atoms with van der Waals surface area (Å²) in [5.41, 5.74) is 8.36. The van der Waals surface area contributed by atoms with Crippen molar-refractivity contribution in [1.29, 1.82) is 0 Å². The first kappa shape index (κ1) is 12.7. The molecule has 0 bridgehead atoms. The van der Waals surface area contributed by atoms with Gasteiger partial charge in [0.2, 0.25) is 6.79 Å². The van der Waals surface area contributed by atoms with Gasteiger partial charge in [-0.25, -0.2) is 0 Å². The highest BCUT2D eigenvalue weighted by molar-refractivity contribution is 9.10. The maximum absolute atomic E-state index is 6.10. The van der Waals surface area contributed by atoms with Crippen molar-refractivity contribution in [2.75, 3.05) is 6.79 Å². The van der Waals surface area contributed by atoms with E-state index < -0.39 is 0 Å². The van der Waals surface area contributed by atoms with E-state index in [-0.39, 0.29) is 5.54 Å². The SMILES string of the molecule is CCc1c(CC(C)(C)N)cc2c(c1Br)OCO2. The van der Waals surface area contributed by atoms with E-state index in [4.69, 9.17) is 15.2 Å². The molecule has 1 heterocycles. The summed E-state index contributed by atoms with van der Waals surface area (Å²) < 4.78 is 11.9. The van der Waals surface area contributed by atoms with E-state index in [1.807, 2.05) is 13.8 Å². The van der Waals surface area contributed by atoms with Crippen LogP contribution in [0.5, 0.6) is 11.5 Å². The molecule has 1 aromatic carbocycles. The third kappa shape index (κ3) is 2.58. The molecule has 0 fully saturated rings. The zero-order chi connectivity index (χ0) is 12.6. The molecule has 0 radical (unpaired) electrons. The molecule has 1 aliphatic rings. The molecule has 94 valence electrons. The van der Waals surface area contributed by atoms with Crippen molar-refractivity contribution in [1.82, 2.24) is 0 Å². The molecule has 0 amide bonds. The van der Waals surface area contributed by atoms with Gasteiger partial charge in [-0.15, -0.1) is 0 Å². The average molecular weight is 300 g/mol. The molecule has 0 spiro atoms. The van der Waals surface area contributed by atoms with E-state index in [2.05, 4.69) is 28.9 Å². The van der Waals surface area contributed by atoms with Gasteiger partial charge in [-0.2, -0.15) is 0 Å². The van der Waals surface area contributed by atoms with Crippen LogP contribution in [0.25, 0.3) is 0 Å². The zero-order valence-corrected chi connectivity index (χ0v) is 12.1. The van der Waals surface area contributed by atoms with Gasteiger partial charge in [0.05, 0.1) is 4.47 Å². The van der Waals surface area contributed by atoms with Crippen LogP contribution in [-0.2, 0) is 12.8 Å². The van der Waals surface area contributed by atoms with Crippen molar-refractivity contribution >= 4 is 15.9 Å². The second-order valence-corrected chi connectivity index (χ2v) is 5.87. The molecule has 0 aliphatic carbocycles. The number of benzene rings is 1. The number of fused-ring (bicyclic) bond motifs is 1. The average Bonchev–Trinajstić information content (AvgIpc) is 2.64. The van der Waals surface area contributed by atoms with E-state index >= 15 is 0 Å². The lowest BCUT2D eigenvalue weighted by molar-refractivity contribution is 0.173. The fourth-order valence-electron chi connectivity index (χ4n) is 2.12. The fraction of sp³-hybridized carbons (Fsp3) is 0.538. The normalized spacial score (nSPS) is 14.2. The Hall–Kier alpha value is -0.740.